The number of nitrogen functional groups attached to an aromatic ring is 1. The lowest BCUT2D eigenvalue weighted by molar-refractivity contribution is 0.0942. The van der Waals surface area contributed by atoms with Crippen LogP contribution in [-0.4, -0.2) is 5.91 Å². The number of benzene rings is 2. The Bertz CT molecular complexity index is 707. The Morgan fingerprint density at radius 3 is 2.52 bits per heavy atom. The van der Waals surface area contributed by atoms with E-state index in [4.69, 9.17) is 5.73 Å². The van der Waals surface area contributed by atoms with Gasteiger partial charge in [-0.15, -0.1) is 0 Å². The lowest BCUT2D eigenvalue weighted by Gasteiger charge is -2.09. The summed E-state index contributed by atoms with van der Waals surface area (Å²) in [5.41, 5.74) is 4.35. The average Bonchev–Trinajstić information content (AvgIpc) is 2.44. The van der Waals surface area contributed by atoms with Crippen LogP contribution in [0.25, 0.3) is 0 Å². The Kier molecular flexibility index (Phi) is 4.52. The molecule has 0 aliphatic carbocycles. The number of nitrogens with two attached hydrogens (primary N) is 1. The normalized spacial score (nSPS) is 10.5. The van der Waals surface area contributed by atoms with Crippen molar-refractivity contribution in [3.05, 3.63) is 63.4 Å². The van der Waals surface area contributed by atoms with E-state index in [1.165, 1.54) is 18.2 Å². The van der Waals surface area contributed by atoms with E-state index in [1.807, 2.05) is 0 Å². The molecular weight excluding hydrogens is 349 g/mol. The quantitative estimate of drug-likeness (QED) is 0.826. The van der Waals surface area contributed by atoms with E-state index in [2.05, 4.69) is 21.2 Å². The first-order valence-corrected chi connectivity index (χ1v) is 6.65. The van der Waals surface area contributed by atoms with Crippen molar-refractivity contribution in [2.45, 2.75) is 6.54 Å². The largest absolute Gasteiger partial charge is 0.396 e. The second-order valence-corrected chi connectivity index (χ2v) is 5.16. The predicted molar refractivity (Wildman–Crippen MR) is 76.0 cm³/mol. The fraction of sp³-hybridized carbons (Fsp3) is 0.0714. The molecule has 0 fully saturated rings. The minimum Gasteiger partial charge on any atom is -0.396 e. The first-order valence-electron chi connectivity index (χ1n) is 5.85. The number of carbonyl (C=O) groups excluding carboxylic acids is 1. The minimum atomic E-state index is -1.14. The Morgan fingerprint density at radius 1 is 1.14 bits per heavy atom. The maximum atomic E-state index is 13.7. The van der Waals surface area contributed by atoms with Gasteiger partial charge in [-0.3, -0.25) is 4.79 Å². The lowest BCUT2D eigenvalue weighted by Crippen LogP contribution is -2.26. The number of carbonyl (C=O) groups is 1. The van der Waals surface area contributed by atoms with Crippen LogP contribution >= 0.6 is 15.9 Å². The number of hydrogen-bond donors (Lipinski definition) is 2. The van der Waals surface area contributed by atoms with Gasteiger partial charge in [-0.25, -0.2) is 13.2 Å². The third kappa shape index (κ3) is 3.36. The van der Waals surface area contributed by atoms with Gasteiger partial charge in [0.1, 0.15) is 17.2 Å². The predicted octanol–water partition coefficient (Wildman–Crippen LogP) is 3.38. The third-order valence-corrected chi connectivity index (χ3v) is 3.29. The Hall–Kier alpha value is -2.02. The van der Waals surface area contributed by atoms with Crippen LogP contribution in [0.4, 0.5) is 18.9 Å². The maximum absolute atomic E-state index is 13.7. The van der Waals surface area contributed by atoms with Crippen molar-refractivity contribution in [2.75, 3.05) is 5.73 Å². The second kappa shape index (κ2) is 6.17. The zero-order chi connectivity index (χ0) is 15.6. The van der Waals surface area contributed by atoms with E-state index < -0.39 is 28.9 Å². The molecule has 0 saturated heterocycles. The summed E-state index contributed by atoms with van der Waals surface area (Å²) in [4.78, 5) is 11.8. The number of rotatable bonds is 3. The SMILES string of the molecule is Nc1ccc(F)c(C(=O)NCc2cc(Br)ccc2F)c1F. The van der Waals surface area contributed by atoms with Crippen molar-refractivity contribution in [1.82, 2.24) is 5.32 Å². The van der Waals surface area contributed by atoms with Gasteiger partial charge in [0, 0.05) is 16.6 Å². The summed E-state index contributed by atoms with van der Waals surface area (Å²) < 4.78 is 41.3. The zero-order valence-corrected chi connectivity index (χ0v) is 12.2. The van der Waals surface area contributed by atoms with Crippen molar-refractivity contribution < 1.29 is 18.0 Å². The molecule has 3 nitrogen and oxygen atoms in total. The Morgan fingerprint density at radius 2 is 1.81 bits per heavy atom. The molecule has 0 radical (unpaired) electrons. The van der Waals surface area contributed by atoms with Crippen molar-refractivity contribution in [3.63, 3.8) is 0 Å². The van der Waals surface area contributed by atoms with Gasteiger partial charge < -0.3 is 11.1 Å². The van der Waals surface area contributed by atoms with E-state index in [0.717, 1.165) is 12.1 Å². The molecule has 7 heteroatoms. The van der Waals surface area contributed by atoms with E-state index in [-0.39, 0.29) is 17.8 Å². The molecular formula is C14H10BrF3N2O. The molecule has 2 aromatic carbocycles. The number of hydrogen-bond acceptors (Lipinski definition) is 2. The van der Waals surface area contributed by atoms with E-state index in [9.17, 15) is 18.0 Å². The van der Waals surface area contributed by atoms with Gasteiger partial charge in [0.25, 0.3) is 5.91 Å². The third-order valence-electron chi connectivity index (χ3n) is 2.80. The maximum Gasteiger partial charge on any atom is 0.257 e. The van der Waals surface area contributed by atoms with E-state index in [1.54, 1.807) is 0 Å². The molecule has 0 heterocycles. The summed E-state index contributed by atoms with van der Waals surface area (Å²) in [6, 6.07) is 6.09. The van der Waals surface area contributed by atoms with Gasteiger partial charge in [-0.1, -0.05) is 15.9 Å². The number of halogens is 4. The first kappa shape index (κ1) is 15.4. The van der Waals surface area contributed by atoms with Crippen molar-refractivity contribution in [1.29, 1.82) is 0 Å². The summed E-state index contributed by atoms with van der Waals surface area (Å²) >= 11 is 3.17. The molecule has 0 aliphatic rings. The summed E-state index contributed by atoms with van der Waals surface area (Å²) in [5.74, 6) is -3.71. The molecule has 0 aliphatic heterocycles. The van der Waals surface area contributed by atoms with Crippen molar-refractivity contribution in [2.24, 2.45) is 0 Å². The van der Waals surface area contributed by atoms with Crippen LogP contribution < -0.4 is 11.1 Å². The molecule has 0 atom stereocenters. The highest BCUT2D eigenvalue weighted by atomic mass is 79.9. The van der Waals surface area contributed by atoms with Crippen LogP contribution in [0.1, 0.15) is 15.9 Å². The summed E-state index contributed by atoms with van der Waals surface area (Å²) in [6.45, 7) is -0.211. The van der Waals surface area contributed by atoms with Crippen molar-refractivity contribution >= 4 is 27.5 Å². The van der Waals surface area contributed by atoms with Gasteiger partial charge >= 0.3 is 0 Å². The fourth-order valence-electron chi connectivity index (χ4n) is 1.72. The van der Waals surface area contributed by atoms with E-state index >= 15 is 0 Å². The second-order valence-electron chi connectivity index (χ2n) is 4.24. The smallest absolute Gasteiger partial charge is 0.257 e. The van der Waals surface area contributed by atoms with Crippen LogP contribution in [0.15, 0.2) is 34.8 Å². The molecule has 3 N–H and O–H groups in total. The highest BCUT2D eigenvalue weighted by Crippen LogP contribution is 2.19. The van der Waals surface area contributed by atoms with Crippen molar-refractivity contribution in [3.8, 4) is 0 Å². The topological polar surface area (TPSA) is 55.1 Å². The highest BCUT2D eigenvalue weighted by molar-refractivity contribution is 9.10. The van der Waals surface area contributed by atoms with Gasteiger partial charge in [-0.05, 0) is 30.3 Å². The molecule has 1 amide bonds. The molecule has 0 unspecified atom stereocenters. The van der Waals surface area contributed by atoms with Crippen LogP contribution in [0.3, 0.4) is 0 Å². The highest BCUT2D eigenvalue weighted by Gasteiger charge is 2.19. The number of anilines is 1. The molecule has 110 valence electrons. The van der Waals surface area contributed by atoms with Gasteiger partial charge in [0.05, 0.1) is 5.69 Å². The van der Waals surface area contributed by atoms with Crippen LogP contribution in [0.5, 0.6) is 0 Å². The monoisotopic (exact) mass is 358 g/mol. The van der Waals surface area contributed by atoms with Gasteiger partial charge in [0.15, 0.2) is 5.82 Å². The summed E-state index contributed by atoms with van der Waals surface area (Å²) in [7, 11) is 0. The zero-order valence-electron chi connectivity index (χ0n) is 10.6. The van der Waals surface area contributed by atoms with E-state index in [0.29, 0.717) is 4.47 Å². The standard InChI is InChI=1S/C14H10BrF3N2O/c15-8-1-2-9(16)7(5-8)6-20-14(21)12-10(17)3-4-11(19)13(12)18/h1-5H,6,19H2,(H,20,21). The lowest BCUT2D eigenvalue weighted by atomic mass is 10.1. The van der Waals surface area contributed by atoms with Crippen LogP contribution in [0.2, 0.25) is 0 Å². The minimum absolute atomic E-state index is 0.183. The summed E-state index contributed by atoms with van der Waals surface area (Å²) in [6.07, 6.45) is 0. The fourth-order valence-corrected chi connectivity index (χ4v) is 2.13. The molecule has 0 saturated carbocycles. The molecule has 0 bridgehead atoms. The molecule has 2 aromatic rings. The summed E-state index contributed by atoms with van der Waals surface area (Å²) in [5, 5.41) is 2.26. The van der Waals surface area contributed by atoms with Crippen LogP contribution in [-0.2, 0) is 6.54 Å². The Labute approximate surface area is 127 Å². The molecule has 0 spiro atoms. The molecule has 2 rings (SSSR count). The average molecular weight is 359 g/mol. The van der Waals surface area contributed by atoms with Gasteiger partial charge in [-0.2, -0.15) is 0 Å². The first-order chi connectivity index (χ1) is 9.90. The number of nitrogens with one attached hydrogen (secondary N) is 1. The number of amides is 1. The molecule has 0 aromatic heterocycles. The molecule has 21 heavy (non-hydrogen) atoms. The van der Waals surface area contributed by atoms with Crippen LogP contribution in [0, 0.1) is 17.5 Å². The Balaban J connectivity index is 2.20. The van der Waals surface area contributed by atoms with Gasteiger partial charge in [0.2, 0.25) is 0 Å².